The molecule has 1 aliphatic rings. The summed E-state index contributed by atoms with van der Waals surface area (Å²) >= 11 is 0. The predicted molar refractivity (Wildman–Crippen MR) is 82.4 cm³/mol. The highest BCUT2D eigenvalue weighted by molar-refractivity contribution is 5.27. The van der Waals surface area contributed by atoms with Gasteiger partial charge in [0.25, 0.3) is 0 Å². The van der Waals surface area contributed by atoms with E-state index in [1.165, 1.54) is 6.42 Å². The van der Waals surface area contributed by atoms with Crippen LogP contribution in [0.25, 0.3) is 0 Å². The van der Waals surface area contributed by atoms with E-state index in [1.54, 1.807) is 7.11 Å². The van der Waals surface area contributed by atoms with Crippen LogP contribution in [0.2, 0.25) is 0 Å². The van der Waals surface area contributed by atoms with Crippen LogP contribution >= 0.6 is 0 Å². The fraction of sp³-hybridized carbons (Fsp3) is 0.611. The van der Waals surface area contributed by atoms with Crippen molar-refractivity contribution in [3.05, 3.63) is 35.4 Å². The third-order valence-electron chi connectivity index (χ3n) is 4.82. The molecule has 0 radical (unpaired) electrons. The van der Waals surface area contributed by atoms with Gasteiger partial charge < -0.3 is 9.84 Å². The second-order valence-electron chi connectivity index (χ2n) is 6.22. The van der Waals surface area contributed by atoms with E-state index < -0.39 is 11.5 Å². The average molecular weight is 287 g/mol. The third kappa shape index (κ3) is 3.45. The van der Waals surface area contributed by atoms with Crippen molar-refractivity contribution in [2.75, 3.05) is 7.11 Å². The Morgan fingerprint density at radius 3 is 2.71 bits per heavy atom. The van der Waals surface area contributed by atoms with Crippen LogP contribution in [0.15, 0.2) is 24.3 Å². The number of ether oxygens (including phenoxy) is 1. The monoisotopic (exact) mass is 287 g/mol. The molecular formula is C18H25NO2. The molecule has 21 heavy (non-hydrogen) atoms. The molecule has 114 valence electrons. The summed E-state index contributed by atoms with van der Waals surface area (Å²) in [4.78, 5) is 0. The number of aliphatic hydroxyl groups excluding tert-OH is 1. The summed E-state index contributed by atoms with van der Waals surface area (Å²) in [5.74, 6) is 0.556. The van der Waals surface area contributed by atoms with E-state index in [4.69, 9.17) is 4.74 Å². The van der Waals surface area contributed by atoms with E-state index in [0.29, 0.717) is 12.5 Å². The first-order valence-electron chi connectivity index (χ1n) is 7.82. The molecule has 1 N–H and O–H groups in total. The lowest BCUT2D eigenvalue weighted by Crippen LogP contribution is -2.33. The van der Waals surface area contributed by atoms with Gasteiger partial charge in [-0.15, -0.1) is 0 Å². The molecule has 0 amide bonds. The van der Waals surface area contributed by atoms with Crippen molar-refractivity contribution >= 4 is 0 Å². The number of aliphatic hydroxyl groups is 1. The molecule has 0 heterocycles. The van der Waals surface area contributed by atoms with Crippen LogP contribution in [0.5, 0.6) is 0 Å². The molecule has 3 heteroatoms. The third-order valence-corrected chi connectivity index (χ3v) is 4.82. The Morgan fingerprint density at radius 1 is 1.43 bits per heavy atom. The standard InChI is InChI=1S/C18H25NO2/c1-3-14-5-4-10-18(11-14,13-19)17(20)16-8-6-15(7-9-16)12-21-2/h6-9,14,17,20H,3-5,10-12H2,1-2H3. The molecule has 1 fully saturated rings. The van der Waals surface area contributed by atoms with Crippen molar-refractivity contribution in [3.63, 3.8) is 0 Å². The van der Waals surface area contributed by atoms with Gasteiger partial charge in [-0.2, -0.15) is 5.26 Å². The Labute approximate surface area is 127 Å². The lowest BCUT2D eigenvalue weighted by Gasteiger charge is -2.39. The van der Waals surface area contributed by atoms with Crippen LogP contribution in [0.1, 0.15) is 56.3 Å². The van der Waals surface area contributed by atoms with Crippen LogP contribution in [0.3, 0.4) is 0 Å². The number of benzene rings is 1. The van der Waals surface area contributed by atoms with Gasteiger partial charge in [0.15, 0.2) is 0 Å². The van der Waals surface area contributed by atoms with Gasteiger partial charge in [0.2, 0.25) is 0 Å². The molecule has 1 aromatic carbocycles. The Kier molecular flexibility index (Phi) is 5.39. The molecule has 1 aromatic rings. The van der Waals surface area contributed by atoms with Gasteiger partial charge in [0.05, 0.1) is 24.2 Å². The molecule has 0 aliphatic heterocycles. The zero-order valence-electron chi connectivity index (χ0n) is 13.0. The van der Waals surface area contributed by atoms with Gasteiger partial charge in [-0.3, -0.25) is 0 Å². The molecule has 2 rings (SSSR count). The van der Waals surface area contributed by atoms with E-state index in [1.807, 2.05) is 24.3 Å². The van der Waals surface area contributed by atoms with Gasteiger partial charge in [0.1, 0.15) is 0 Å². The Morgan fingerprint density at radius 2 is 2.14 bits per heavy atom. The normalized spacial score (nSPS) is 27.0. The molecule has 3 unspecified atom stereocenters. The van der Waals surface area contributed by atoms with Gasteiger partial charge in [-0.1, -0.05) is 50.5 Å². The summed E-state index contributed by atoms with van der Waals surface area (Å²) in [6.45, 7) is 2.74. The first-order valence-corrected chi connectivity index (χ1v) is 7.82. The maximum atomic E-state index is 10.8. The van der Waals surface area contributed by atoms with Crippen molar-refractivity contribution in [2.45, 2.75) is 51.7 Å². The summed E-state index contributed by atoms with van der Waals surface area (Å²) in [5.41, 5.74) is 1.30. The highest BCUT2D eigenvalue weighted by Crippen LogP contribution is 2.48. The minimum atomic E-state index is -0.701. The van der Waals surface area contributed by atoms with Gasteiger partial charge in [-0.05, 0) is 29.9 Å². The fourth-order valence-corrected chi connectivity index (χ4v) is 3.47. The van der Waals surface area contributed by atoms with E-state index >= 15 is 0 Å². The van der Waals surface area contributed by atoms with Crippen molar-refractivity contribution in [1.29, 1.82) is 5.26 Å². The maximum absolute atomic E-state index is 10.8. The van der Waals surface area contributed by atoms with E-state index in [2.05, 4.69) is 13.0 Å². The maximum Gasteiger partial charge on any atom is 0.0976 e. The summed E-state index contributed by atoms with van der Waals surface area (Å²) in [5, 5.41) is 20.5. The highest BCUT2D eigenvalue weighted by Gasteiger charge is 2.42. The first-order chi connectivity index (χ1) is 10.1. The number of nitriles is 1. The minimum absolute atomic E-state index is 0.556. The molecule has 0 saturated heterocycles. The number of nitrogens with zero attached hydrogens (tertiary/aromatic N) is 1. The second kappa shape index (κ2) is 7.06. The summed E-state index contributed by atoms with van der Waals surface area (Å²) in [6, 6.07) is 10.2. The first kappa shape index (κ1) is 16.0. The molecule has 3 nitrogen and oxygen atoms in total. The Balaban J connectivity index is 2.19. The van der Waals surface area contributed by atoms with Crippen molar-refractivity contribution in [3.8, 4) is 6.07 Å². The lowest BCUT2D eigenvalue weighted by atomic mass is 9.65. The molecular weight excluding hydrogens is 262 g/mol. The molecule has 0 bridgehead atoms. The van der Waals surface area contributed by atoms with E-state index in [0.717, 1.165) is 36.8 Å². The number of rotatable bonds is 5. The highest BCUT2D eigenvalue weighted by atomic mass is 16.5. The van der Waals surface area contributed by atoms with Crippen LogP contribution < -0.4 is 0 Å². The summed E-state index contributed by atoms with van der Waals surface area (Å²) in [6.07, 6.45) is 4.20. The van der Waals surface area contributed by atoms with Gasteiger partial charge >= 0.3 is 0 Å². The van der Waals surface area contributed by atoms with Crippen LogP contribution in [-0.2, 0) is 11.3 Å². The Hall–Kier alpha value is -1.37. The fourth-order valence-electron chi connectivity index (χ4n) is 3.47. The van der Waals surface area contributed by atoms with Crippen LogP contribution in [0.4, 0.5) is 0 Å². The van der Waals surface area contributed by atoms with Crippen molar-refractivity contribution in [1.82, 2.24) is 0 Å². The van der Waals surface area contributed by atoms with Crippen molar-refractivity contribution < 1.29 is 9.84 Å². The summed E-state index contributed by atoms with van der Waals surface area (Å²) in [7, 11) is 1.67. The number of hydrogen-bond donors (Lipinski definition) is 1. The molecule has 1 aliphatic carbocycles. The number of methoxy groups -OCH3 is 1. The largest absolute Gasteiger partial charge is 0.387 e. The smallest absolute Gasteiger partial charge is 0.0976 e. The van der Waals surface area contributed by atoms with E-state index in [9.17, 15) is 10.4 Å². The average Bonchev–Trinajstić information content (AvgIpc) is 2.55. The van der Waals surface area contributed by atoms with Crippen LogP contribution in [-0.4, -0.2) is 12.2 Å². The SMILES string of the molecule is CCC1CCCC(C#N)(C(O)c2ccc(COC)cc2)C1. The minimum Gasteiger partial charge on any atom is -0.387 e. The predicted octanol–water partition coefficient (Wildman–Crippen LogP) is 3.98. The van der Waals surface area contributed by atoms with Gasteiger partial charge in [0, 0.05) is 7.11 Å². The van der Waals surface area contributed by atoms with Gasteiger partial charge in [-0.25, -0.2) is 0 Å². The molecule has 0 spiro atoms. The second-order valence-corrected chi connectivity index (χ2v) is 6.22. The zero-order chi connectivity index (χ0) is 15.3. The van der Waals surface area contributed by atoms with Crippen molar-refractivity contribution in [2.24, 2.45) is 11.3 Å². The summed E-state index contributed by atoms with van der Waals surface area (Å²) < 4.78 is 5.10. The topological polar surface area (TPSA) is 53.2 Å². The molecule has 3 atom stereocenters. The lowest BCUT2D eigenvalue weighted by molar-refractivity contribution is 0.0185. The zero-order valence-corrected chi connectivity index (χ0v) is 13.0. The van der Waals surface area contributed by atoms with Crippen LogP contribution in [0, 0.1) is 22.7 Å². The number of hydrogen-bond acceptors (Lipinski definition) is 3. The Bertz CT molecular complexity index is 491. The van der Waals surface area contributed by atoms with E-state index in [-0.39, 0.29) is 0 Å². The molecule has 1 saturated carbocycles. The molecule has 0 aromatic heterocycles. The quantitative estimate of drug-likeness (QED) is 0.891.